The maximum atomic E-state index is 12.2. The lowest BCUT2D eigenvalue weighted by Crippen LogP contribution is -2.50. The molecule has 0 radical (unpaired) electrons. The van der Waals surface area contributed by atoms with Crippen LogP contribution in [0.5, 0.6) is 0 Å². The van der Waals surface area contributed by atoms with Crippen molar-refractivity contribution in [3.8, 4) is 0 Å². The second-order valence-electron chi connectivity index (χ2n) is 7.38. The molecule has 2 fully saturated rings. The summed E-state index contributed by atoms with van der Waals surface area (Å²) in [5, 5.41) is 3.21. The van der Waals surface area contributed by atoms with Gasteiger partial charge < -0.3 is 15.0 Å². The lowest BCUT2D eigenvalue weighted by Gasteiger charge is -2.36. The molecular formula is C20H30F3IN4O. The molecule has 1 N–H and O–H groups in total. The normalized spacial score (nSPS) is 22.9. The number of rotatable bonds is 6. The molecule has 2 aliphatic rings. The van der Waals surface area contributed by atoms with Crippen LogP contribution < -0.4 is 5.32 Å². The minimum Gasteiger partial charge on any atom is -0.373 e. The summed E-state index contributed by atoms with van der Waals surface area (Å²) in [4.78, 5) is 8.93. The zero-order valence-corrected chi connectivity index (χ0v) is 19.0. The third-order valence-electron chi connectivity index (χ3n) is 5.33. The number of ether oxygens (including phenoxy) is 1. The second-order valence-corrected chi connectivity index (χ2v) is 7.38. The van der Waals surface area contributed by atoms with Crippen LogP contribution in [-0.4, -0.2) is 73.9 Å². The summed E-state index contributed by atoms with van der Waals surface area (Å²) in [5.41, 5.74) is 1.29. The highest BCUT2D eigenvalue weighted by molar-refractivity contribution is 14.0. The molecule has 0 amide bonds. The molecule has 0 bridgehead atoms. The van der Waals surface area contributed by atoms with Gasteiger partial charge in [0.2, 0.25) is 0 Å². The zero-order chi connectivity index (χ0) is 20.0. The third-order valence-corrected chi connectivity index (χ3v) is 5.33. The summed E-state index contributed by atoms with van der Waals surface area (Å²) >= 11 is 0. The van der Waals surface area contributed by atoms with E-state index in [1.165, 1.54) is 5.56 Å². The number of halogens is 4. The highest BCUT2D eigenvalue weighted by Gasteiger charge is 2.41. The van der Waals surface area contributed by atoms with Crippen LogP contribution in [0.4, 0.5) is 13.2 Å². The van der Waals surface area contributed by atoms with Gasteiger partial charge in [-0.05, 0) is 18.4 Å². The van der Waals surface area contributed by atoms with Gasteiger partial charge in [0.15, 0.2) is 5.96 Å². The fourth-order valence-electron chi connectivity index (χ4n) is 3.93. The Kier molecular flexibility index (Phi) is 9.48. The van der Waals surface area contributed by atoms with E-state index in [4.69, 9.17) is 4.74 Å². The van der Waals surface area contributed by atoms with Crippen LogP contribution in [-0.2, 0) is 11.3 Å². The number of unbranched alkanes of at least 4 members (excludes halogenated alkanes) is 1. The van der Waals surface area contributed by atoms with Crippen molar-refractivity contribution in [1.82, 2.24) is 15.1 Å². The number of likely N-dealkylation sites (tertiary alicyclic amines) is 1. The largest absolute Gasteiger partial charge is 0.389 e. The zero-order valence-electron chi connectivity index (χ0n) is 16.7. The molecule has 2 saturated heterocycles. The number of benzene rings is 1. The molecule has 2 atom stereocenters. The number of nitrogens with one attached hydrogen (secondary N) is 1. The SMILES string of the molecule is CN=C(NCCCCC(F)(F)F)N1CC2OCCN(Cc3ccccc3)C2C1.I. The average Bonchev–Trinajstić information content (AvgIpc) is 3.10. The van der Waals surface area contributed by atoms with Gasteiger partial charge in [0, 0.05) is 46.2 Å². The van der Waals surface area contributed by atoms with Crippen molar-refractivity contribution in [1.29, 1.82) is 0 Å². The number of aliphatic imine (C=N–C) groups is 1. The van der Waals surface area contributed by atoms with Gasteiger partial charge in [0.1, 0.15) is 0 Å². The lowest BCUT2D eigenvalue weighted by molar-refractivity contribution is -0.135. The van der Waals surface area contributed by atoms with Gasteiger partial charge in [0.25, 0.3) is 0 Å². The summed E-state index contributed by atoms with van der Waals surface area (Å²) in [5.74, 6) is 0.740. The van der Waals surface area contributed by atoms with Crippen molar-refractivity contribution < 1.29 is 17.9 Å². The molecule has 0 aromatic heterocycles. The van der Waals surface area contributed by atoms with Crippen molar-refractivity contribution >= 4 is 29.9 Å². The minimum absolute atomic E-state index is 0. The highest BCUT2D eigenvalue weighted by atomic mass is 127. The van der Waals surface area contributed by atoms with Gasteiger partial charge in [-0.25, -0.2) is 0 Å². The average molecular weight is 526 g/mol. The molecule has 29 heavy (non-hydrogen) atoms. The fourth-order valence-corrected chi connectivity index (χ4v) is 3.93. The summed E-state index contributed by atoms with van der Waals surface area (Å²) in [6, 6.07) is 10.7. The molecule has 2 unspecified atom stereocenters. The first-order chi connectivity index (χ1) is 13.5. The molecule has 9 heteroatoms. The molecule has 0 saturated carbocycles. The first-order valence-corrected chi connectivity index (χ1v) is 9.88. The maximum absolute atomic E-state index is 12.2. The number of hydrogen-bond acceptors (Lipinski definition) is 3. The van der Waals surface area contributed by atoms with Crippen molar-refractivity contribution in [2.24, 2.45) is 4.99 Å². The van der Waals surface area contributed by atoms with E-state index < -0.39 is 12.6 Å². The monoisotopic (exact) mass is 526 g/mol. The fraction of sp³-hybridized carbons (Fsp3) is 0.650. The standard InChI is InChI=1S/C20H29F3N4O.HI/c1-24-19(25-10-6-5-9-20(21,22)23)27-14-17-18(15-27)28-12-11-26(17)13-16-7-3-2-4-8-16;/h2-4,7-8,17-18H,5-6,9-15H2,1H3,(H,24,25);1H. The van der Waals surface area contributed by atoms with Crippen LogP contribution in [0.25, 0.3) is 0 Å². The van der Waals surface area contributed by atoms with Gasteiger partial charge in [0.05, 0.1) is 18.8 Å². The topological polar surface area (TPSA) is 40.1 Å². The molecule has 1 aromatic carbocycles. The summed E-state index contributed by atoms with van der Waals surface area (Å²) in [6.45, 7) is 4.54. The Morgan fingerprint density at radius 2 is 1.97 bits per heavy atom. The third kappa shape index (κ3) is 7.29. The highest BCUT2D eigenvalue weighted by Crippen LogP contribution is 2.25. The Labute approximate surface area is 187 Å². The van der Waals surface area contributed by atoms with E-state index >= 15 is 0 Å². The first kappa shape index (κ1) is 24.2. The van der Waals surface area contributed by atoms with Crippen molar-refractivity contribution in [3.05, 3.63) is 35.9 Å². The summed E-state index contributed by atoms with van der Waals surface area (Å²) < 4.78 is 42.7. The molecule has 2 aliphatic heterocycles. The number of morpholine rings is 1. The van der Waals surface area contributed by atoms with Crippen LogP contribution >= 0.6 is 24.0 Å². The molecule has 2 heterocycles. The lowest BCUT2D eigenvalue weighted by atomic mass is 10.1. The summed E-state index contributed by atoms with van der Waals surface area (Å²) in [6.07, 6.45) is -4.08. The van der Waals surface area contributed by atoms with E-state index in [-0.39, 0.29) is 42.5 Å². The van der Waals surface area contributed by atoms with Crippen LogP contribution in [0.15, 0.2) is 35.3 Å². The van der Waals surface area contributed by atoms with Crippen molar-refractivity contribution in [3.63, 3.8) is 0 Å². The predicted molar refractivity (Wildman–Crippen MR) is 119 cm³/mol. The number of hydrogen-bond donors (Lipinski definition) is 1. The maximum Gasteiger partial charge on any atom is 0.389 e. The smallest absolute Gasteiger partial charge is 0.373 e. The van der Waals surface area contributed by atoms with Gasteiger partial charge >= 0.3 is 6.18 Å². The Morgan fingerprint density at radius 3 is 2.66 bits per heavy atom. The Bertz CT molecular complexity index is 644. The van der Waals surface area contributed by atoms with Gasteiger partial charge in [-0.15, -0.1) is 24.0 Å². The van der Waals surface area contributed by atoms with E-state index in [0.717, 1.165) is 32.1 Å². The first-order valence-electron chi connectivity index (χ1n) is 9.88. The number of nitrogens with zero attached hydrogens (tertiary/aromatic N) is 3. The number of guanidine groups is 1. The van der Waals surface area contributed by atoms with Crippen LogP contribution in [0, 0.1) is 0 Å². The van der Waals surface area contributed by atoms with E-state index in [1.54, 1.807) is 7.05 Å². The molecule has 1 aromatic rings. The van der Waals surface area contributed by atoms with E-state index in [2.05, 4.69) is 44.4 Å². The van der Waals surface area contributed by atoms with Crippen molar-refractivity contribution in [2.75, 3.05) is 39.8 Å². The van der Waals surface area contributed by atoms with Crippen LogP contribution in [0.1, 0.15) is 24.8 Å². The van der Waals surface area contributed by atoms with Crippen molar-refractivity contribution in [2.45, 2.75) is 44.1 Å². The van der Waals surface area contributed by atoms with Gasteiger partial charge in [-0.2, -0.15) is 13.2 Å². The van der Waals surface area contributed by atoms with Gasteiger partial charge in [-0.1, -0.05) is 30.3 Å². The predicted octanol–water partition coefficient (Wildman–Crippen LogP) is 3.50. The minimum atomic E-state index is -4.08. The second kappa shape index (κ2) is 11.4. The molecule has 0 spiro atoms. The molecule has 164 valence electrons. The quantitative estimate of drug-likeness (QED) is 0.267. The number of fused-ring (bicyclic) bond motifs is 1. The van der Waals surface area contributed by atoms with E-state index in [1.807, 2.05) is 6.07 Å². The van der Waals surface area contributed by atoms with Crippen LogP contribution in [0.2, 0.25) is 0 Å². The molecule has 5 nitrogen and oxygen atoms in total. The molecular weight excluding hydrogens is 496 g/mol. The number of alkyl halides is 3. The van der Waals surface area contributed by atoms with E-state index in [0.29, 0.717) is 19.6 Å². The molecule has 3 rings (SSSR count). The van der Waals surface area contributed by atoms with E-state index in [9.17, 15) is 13.2 Å². The Morgan fingerprint density at radius 1 is 1.21 bits per heavy atom. The summed E-state index contributed by atoms with van der Waals surface area (Å²) in [7, 11) is 1.71. The molecule has 0 aliphatic carbocycles. The van der Waals surface area contributed by atoms with Crippen LogP contribution in [0.3, 0.4) is 0 Å². The van der Waals surface area contributed by atoms with Gasteiger partial charge in [-0.3, -0.25) is 9.89 Å². The Balaban J connectivity index is 0.00000300. The Hall–Kier alpha value is -1.07.